The van der Waals surface area contributed by atoms with Crippen LogP contribution in [0.1, 0.15) is 50.6 Å². The van der Waals surface area contributed by atoms with Gasteiger partial charge in [-0.3, -0.25) is 0 Å². The van der Waals surface area contributed by atoms with Gasteiger partial charge >= 0.3 is 0 Å². The number of unbranched alkanes of at least 4 members (excludes halogenated alkanes) is 1. The quantitative estimate of drug-likeness (QED) is 0.614. The maximum Gasteiger partial charge on any atom is 0.212 e. The number of hydrogen-bond donors (Lipinski definition) is 2. The number of rotatable bonds is 11. The molecule has 0 aliphatic carbocycles. The van der Waals surface area contributed by atoms with Gasteiger partial charge in [0.15, 0.2) is 0 Å². The summed E-state index contributed by atoms with van der Waals surface area (Å²) >= 11 is 1.49. The highest BCUT2D eigenvalue weighted by atomic mass is 32.2. The molecule has 1 rings (SSSR count). The van der Waals surface area contributed by atoms with Crippen molar-refractivity contribution in [2.75, 3.05) is 18.8 Å². The third-order valence-electron chi connectivity index (χ3n) is 2.92. The molecule has 20 heavy (non-hydrogen) atoms. The first kappa shape index (κ1) is 17.6. The van der Waals surface area contributed by atoms with E-state index < -0.39 is 10.0 Å². The van der Waals surface area contributed by atoms with Gasteiger partial charge in [-0.1, -0.05) is 13.8 Å². The molecule has 116 valence electrons. The van der Waals surface area contributed by atoms with E-state index in [1.54, 1.807) is 6.20 Å². The molecule has 7 heteroatoms. The Kier molecular flexibility index (Phi) is 8.28. The van der Waals surface area contributed by atoms with E-state index in [0.717, 1.165) is 30.9 Å². The highest BCUT2D eigenvalue weighted by Gasteiger charge is 2.19. The second-order valence-corrected chi connectivity index (χ2v) is 7.52. The highest BCUT2D eigenvalue weighted by Crippen LogP contribution is 2.19. The summed E-state index contributed by atoms with van der Waals surface area (Å²) in [4.78, 5) is 4.18. The van der Waals surface area contributed by atoms with E-state index in [4.69, 9.17) is 0 Å². The van der Waals surface area contributed by atoms with Crippen molar-refractivity contribution in [2.24, 2.45) is 0 Å². The first-order chi connectivity index (χ1) is 9.59. The summed E-state index contributed by atoms with van der Waals surface area (Å²) in [6.07, 6.45) is 5.09. The highest BCUT2D eigenvalue weighted by molar-refractivity contribution is 7.89. The fraction of sp³-hybridized carbons (Fsp3) is 0.769. The van der Waals surface area contributed by atoms with E-state index in [2.05, 4.69) is 21.9 Å². The molecule has 0 aliphatic rings. The van der Waals surface area contributed by atoms with Gasteiger partial charge in [0.05, 0.1) is 11.8 Å². The minimum atomic E-state index is -3.22. The van der Waals surface area contributed by atoms with Gasteiger partial charge in [0, 0.05) is 11.6 Å². The number of hydrogen-bond acceptors (Lipinski definition) is 5. The lowest BCUT2D eigenvalue weighted by atomic mass is 10.3. The smallest absolute Gasteiger partial charge is 0.212 e. The van der Waals surface area contributed by atoms with Gasteiger partial charge < -0.3 is 5.32 Å². The first-order valence-electron chi connectivity index (χ1n) is 7.19. The summed E-state index contributed by atoms with van der Waals surface area (Å²) in [5.41, 5.74) is 0. The van der Waals surface area contributed by atoms with Gasteiger partial charge in [-0.25, -0.2) is 18.1 Å². The third-order valence-corrected chi connectivity index (χ3v) is 5.28. The standard InChI is InChI=1S/C13H25N3O2S2/c1-3-7-14-8-5-6-11-20(17,18)16-12(4-2)13-15-9-10-19-13/h9-10,12,14,16H,3-8,11H2,1-2H3. The Morgan fingerprint density at radius 2 is 2.10 bits per heavy atom. The van der Waals surface area contributed by atoms with Crippen LogP contribution in [-0.4, -0.2) is 32.2 Å². The van der Waals surface area contributed by atoms with Crippen LogP contribution in [0.3, 0.4) is 0 Å². The lowest BCUT2D eigenvalue weighted by molar-refractivity contribution is 0.543. The number of sulfonamides is 1. The molecule has 0 saturated heterocycles. The average molecular weight is 319 g/mol. The van der Waals surface area contributed by atoms with Crippen LogP contribution in [0.2, 0.25) is 0 Å². The van der Waals surface area contributed by atoms with Crippen molar-refractivity contribution in [3.63, 3.8) is 0 Å². The largest absolute Gasteiger partial charge is 0.317 e. The Labute approximate surface area is 126 Å². The van der Waals surface area contributed by atoms with Crippen LogP contribution >= 0.6 is 11.3 Å². The van der Waals surface area contributed by atoms with Crippen molar-refractivity contribution in [2.45, 2.75) is 45.6 Å². The van der Waals surface area contributed by atoms with E-state index in [-0.39, 0.29) is 11.8 Å². The molecule has 2 N–H and O–H groups in total. The Morgan fingerprint density at radius 1 is 1.30 bits per heavy atom. The Bertz CT molecular complexity index is 446. The molecule has 1 aromatic rings. The zero-order valence-corrected chi connectivity index (χ0v) is 13.9. The molecule has 1 atom stereocenters. The molecule has 0 aromatic carbocycles. The molecule has 0 saturated carbocycles. The van der Waals surface area contributed by atoms with E-state index in [1.807, 2.05) is 12.3 Å². The van der Waals surface area contributed by atoms with Crippen molar-refractivity contribution < 1.29 is 8.42 Å². The molecule has 1 heterocycles. The van der Waals surface area contributed by atoms with E-state index >= 15 is 0 Å². The first-order valence-corrected chi connectivity index (χ1v) is 9.72. The van der Waals surface area contributed by atoms with Crippen LogP contribution in [0.25, 0.3) is 0 Å². The summed E-state index contributed by atoms with van der Waals surface area (Å²) < 4.78 is 26.8. The van der Waals surface area contributed by atoms with Crippen molar-refractivity contribution in [1.82, 2.24) is 15.0 Å². The maximum atomic E-state index is 12.0. The Morgan fingerprint density at radius 3 is 2.70 bits per heavy atom. The van der Waals surface area contributed by atoms with Crippen molar-refractivity contribution in [3.8, 4) is 0 Å². The second-order valence-electron chi connectivity index (χ2n) is 4.73. The Hall–Kier alpha value is -0.500. The van der Waals surface area contributed by atoms with Gasteiger partial charge in [-0.15, -0.1) is 11.3 Å². The van der Waals surface area contributed by atoms with Gasteiger partial charge in [0.2, 0.25) is 10.0 Å². The molecule has 0 fully saturated rings. The number of aromatic nitrogens is 1. The number of thiazole rings is 1. The van der Waals surface area contributed by atoms with Crippen molar-refractivity contribution >= 4 is 21.4 Å². The number of nitrogens with one attached hydrogen (secondary N) is 2. The zero-order valence-electron chi connectivity index (χ0n) is 12.3. The van der Waals surface area contributed by atoms with Crippen molar-refractivity contribution in [3.05, 3.63) is 16.6 Å². The molecule has 0 radical (unpaired) electrons. The van der Waals surface area contributed by atoms with Crippen LogP contribution in [0.15, 0.2) is 11.6 Å². The molecule has 1 aromatic heterocycles. The summed E-state index contributed by atoms with van der Waals surface area (Å²) in [6.45, 7) is 5.95. The predicted molar refractivity (Wildman–Crippen MR) is 84.5 cm³/mol. The average Bonchev–Trinajstić information content (AvgIpc) is 2.94. The minimum Gasteiger partial charge on any atom is -0.317 e. The Balaban J connectivity index is 2.33. The molecular formula is C13H25N3O2S2. The molecule has 0 amide bonds. The van der Waals surface area contributed by atoms with Crippen LogP contribution in [-0.2, 0) is 10.0 Å². The van der Waals surface area contributed by atoms with Crippen LogP contribution in [0.5, 0.6) is 0 Å². The zero-order chi connectivity index (χ0) is 14.8. The fourth-order valence-corrected chi connectivity index (χ4v) is 4.10. The van der Waals surface area contributed by atoms with Gasteiger partial charge in [-0.05, 0) is 38.8 Å². The van der Waals surface area contributed by atoms with Gasteiger partial charge in [0.25, 0.3) is 0 Å². The van der Waals surface area contributed by atoms with Crippen LogP contribution in [0, 0.1) is 0 Å². The molecule has 0 aliphatic heterocycles. The fourth-order valence-electron chi connectivity index (χ4n) is 1.83. The lowest BCUT2D eigenvalue weighted by Crippen LogP contribution is -2.30. The monoisotopic (exact) mass is 319 g/mol. The van der Waals surface area contributed by atoms with Crippen LogP contribution in [0.4, 0.5) is 0 Å². The second kappa shape index (κ2) is 9.44. The predicted octanol–water partition coefficient (Wildman–Crippen LogP) is 2.29. The molecule has 0 bridgehead atoms. The van der Waals surface area contributed by atoms with Gasteiger partial charge in [0.1, 0.15) is 5.01 Å². The topological polar surface area (TPSA) is 71.1 Å². The van der Waals surface area contributed by atoms with Gasteiger partial charge in [-0.2, -0.15) is 0 Å². The van der Waals surface area contributed by atoms with Crippen LogP contribution < -0.4 is 10.0 Å². The van der Waals surface area contributed by atoms with E-state index in [9.17, 15) is 8.42 Å². The summed E-state index contributed by atoms with van der Waals surface area (Å²) in [7, 11) is -3.22. The van der Waals surface area contributed by atoms with E-state index in [1.165, 1.54) is 11.3 Å². The summed E-state index contributed by atoms with van der Waals surface area (Å²) in [5, 5.41) is 5.97. The number of nitrogens with zero attached hydrogens (tertiary/aromatic N) is 1. The molecule has 0 spiro atoms. The van der Waals surface area contributed by atoms with E-state index in [0.29, 0.717) is 12.8 Å². The lowest BCUT2D eigenvalue weighted by Gasteiger charge is -2.14. The third kappa shape index (κ3) is 6.78. The van der Waals surface area contributed by atoms with Crippen molar-refractivity contribution in [1.29, 1.82) is 0 Å². The molecule has 5 nitrogen and oxygen atoms in total. The minimum absolute atomic E-state index is 0.183. The maximum absolute atomic E-state index is 12.0. The molecule has 1 unspecified atom stereocenters. The SMILES string of the molecule is CCCNCCCCS(=O)(=O)NC(CC)c1nccs1. The summed E-state index contributed by atoms with van der Waals surface area (Å²) in [6, 6.07) is -0.196. The molecular weight excluding hydrogens is 294 g/mol. The normalized spacial score (nSPS) is 13.5. The summed E-state index contributed by atoms with van der Waals surface area (Å²) in [5.74, 6) is 0.183.